The van der Waals surface area contributed by atoms with Crippen molar-refractivity contribution in [3.05, 3.63) is 45.5 Å². The number of thiophene rings is 1. The Balaban J connectivity index is 1.24. The van der Waals surface area contributed by atoms with Gasteiger partial charge in [0.25, 0.3) is 0 Å². The van der Waals surface area contributed by atoms with E-state index in [0.29, 0.717) is 24.4 Å². The number of furan rings is 1. The number of H-pyrrole nitrogens is 2. The summed E-state index contributed by atoms with van der Waals surface area (Å²) in [5, 5.41) is 26.8. The number of nitrogens with two attached hydrogens (primary N) is 1. The molecule has 170 valence electrons. The smallest absolute Gasteiger partial charge is 0.225 e. The molecule has 0 aromatic carbocycles. The van der Waals surface area contributed by atoms with E-state index in [1.54, 1.807) is 17.6 Å². The van der Waals surface area contributed by atoms with E-state index in [-0.39, 0.29) is 0 Å². The van der Waals surface area contributed by atoms with Crippen LogP contribution in [-0.2, 0) is 25.7 Å². The molecule has 0 radical (unpaired) electrons. The number of aryl methyl sites for hydroxylation is 2. The van der Waals surface area contributed by atoms with Crippen molar-refractivity contribution in [3.63, 3.8) is 0 Å². The highest BCUT2D eigenvalue weighted by Crippen LogP contribution is 2.21. The van der Waals surface area contributed by atoms with Gasteiger partial charge in [-0.25, -0.2) is 0 Å². The van der Waals surface area contributed by atoms with Crippen LogP contribution in [0.3, 0.4) is 0 Å². The predicted molar refractivity (Wildman–Crippen MR) is 126 cm³/mol. The van der Waals surface area contributed by atoms with E-state index in [1.165, 1.54) is 16.7 Å². The van der Waals surface area contributed by atoms with Gasteiger partial charge < -0.3 is 25.7 Å². The quantitative estimate of drug-likeness (QED) is 0.216. The van der Waals surface area contributed by atoms with Crippen molar-refractivity contribution in [2.75, 3.05) is 48.5 Å². The van der Waals surface area contributed by atoms with Crippen LogP contribution in [0.2, 0.25) is 0 Å². The van der Waals surface area contributed by atoms with Gasteiger partial charge >= 0.3 is 0 Å². The van der Waals surface area contributed by atoms with Crippen molar-refractivity contribution in [1.82, 2.24) is 30.4 Å². The molecule has 0 bridgehead atoms. The van der Waals surface area contributed by atoms with Gasteiger partial charge in [-0.05, 0) is 52.8 Å². The zero-order valence-electron chi connectivity index (χ0n) is 18.2. The lowest BCUT2D eigenvalue weighted by atomic mass is 10.0. The van der Waals surface area contributed by atoms with E-state index in [9.17, 15) is 0 Å². The number of rotatable bonds is 12. The summed E-state index contributed by atoms with van der Waals surface area (Å²) in [7, 11) is 3.85. The van der Waals surface area contributed by atoms with Gasteiger partial charge in [-0.3, -0.25) is 9.97 Å². The summed E-state index contributed by atoms with van der Waals surface area (Å²) in [6.07, 6.45) is 5.32. The molecule has 0 spiro atoms. The number of nitrogen functional groups attached to an aromatic ring is 1. The van der Waals surface area contributed by atoms with Crippen molar-refractivity contribution in [2.24, 2.45) is 0 Å². The Hall–Kier alpha value is -3.54. The third-order valence-corrected chi connectivity index (χ3v) is 5.91. The van der Waals surface area contributed by atoms with Crippen LogP contribution < -0.4 is 21.3 Å². The van der Waals surface area contributed by atoms with Gasteiger partial charge in [0.2, 0.25) is 23.8 Å². The van der Waals surface area contributed by atoms with Gasteiger partial charge in [0, 0.05) is 33.6 Å². The average Bonchev–Trinajstić information content (AvgIpc) is 3.55. The molecule has 4 aromatic heterocycles. The van der Waals surface area contributed by atoms with Crippen LogP contribution in [0.15, 0.2) is 27.5 Å². The fourth-order valence-electron chi connectivity index (χ4n) is 3.37. The first-order valence-corrected chi connectivity index (χ1v) is 11.4. The Morgan fingerprint density at radius 1 is 0.906 bits per heavy atom. The molecule has 4 rings (SSSR count). The number of hydrogen-bond acceptors (Lipinski definition) is 10. The molecular weight excluding hydrogens is 428 g/mol. The second-order valence-electron chi connectivity index (χ2n) is 7.60. The third-order valence-electron chi connectivity index (χ3n) is 5.07. The Morgan fingerprint density at radius 3 is 2.28 bits per heavy atom. The van der Waals surface area contributed by atoms with Crippen molar-refractivity contribution in [3.8, 4) is 0 Å². The number of aromatic amines is 2. The topological polar surface area (TPSA) is 150 Å². The minimum absolute atomic E-state index is 0.303. The van der Waals surface area contributed by atoms with E-state index in [0.717, 1.165) is 43.9 Å². The largest absolute Gasteiger partial charge is 0.469 e. The molecule has 4 heterocycles. The summed E-state index contributed by atoms with van der Waals surface area (Å²) in [5.41, 5.74) is 9.46. The van der Waals surface area contributed by atoms with Gasteiger partial charge in [-0.15, -0.1) is 20.4 Å². The van der Waals surface area contributed by atoms with Gasteiger partial charge in [0.15, 0.2) is 0 Å². The fraction of sp³-hybridized carbons (Fsp3) is 0.400. The first-order chi connectivity index (χ1) is 15.6. The van der Waals surface area contributed by atoms with Crippen LogP contribution in [-0.4, -0.2) is 57.5 Å². The van der Waals surface area contributed by atoms with Crippen LogP contribution >= 0.6 is 11.3 Å². The summed E-state index contributed by atoms with van der Waals surface area (Å²) in [6, 6.07) is 2.03. The molecule has 0 saturated heterocycles. The standard InChI is InChI=1S/C20H28N10OS/c1-30(2)20-25-19(28-29-20)23-9-6-15-12-32-11-14(15)3-4-16-13(7-10-31-16)5-8-22-18-24-17(21)26-27-18/h7,10-12H,3-6,8-9H2,1-2H3,(H2,23,25,28,29)(H4,21,22,24,26,27). The van der Waals surface area contributed by atoms with Crippen molar-refractivity contribution in [2.45, 2.75) is 25.7 Å². The highest BCUT2D eigenvalue weighted by molar-refractivity contribution is 7.08. The molecule has 0 aliphatic rings. The highest BCUT2D eigenvalue weighted by atomic mass is 32.1. The lowest BCUT2D eigenvalue weighted by Crippen LogP contribution is -2.10. The van der Waals surface area contributed by atoms with Crippen molar-refractivity contribution in [1.29, 1.82) is 0 Å². The molecule has 4 aromatic rings. The molecule has 0 saturated carbocycles. The first-order valence-electron chi connectivity index (χ1n) is 10.4. The molecule has 12 heteroatoms. The third kappa shape index (κ3) is 5.58. The van der Waals surface area contributed by atoms with E-state index in [4.69, 9.17) is 10.2 Å². The minimum Gasteiger partial charge on any atom is -0.469 e. The normalized spacial score (nSPS) is 11.1. The molecule has 32 heavy (non-hydrogen) atoms. The second kappa shape index (κ2) is 10.2. The molecule has 0 unspecified atom stereocenters. The van der Waals surface area contributed by atoms with Gasteiger partial charge in [0.1, 0.15) is 5.76 Å². The molecule has 6 N–H and O–H groups in total. The van der Waals surface area contributed by atoms with Crippen molar-refractivity contribution >= 4 is 35.1 Å². The molecule has 0 aliphatic heterocycles. The van der Waals surface area contributed by atoms with Crippen LogP contribution in [0, 0.1) is 0 Å². The summed E-state index contributed by atoms with van der Waals surface area (Å²) in [5.74, 6) is 3.33. The second-order valence-corrected chi connectivity index (χ2v) is 8.34. The molecular formula is C20H28N10OS. The fourth-order valence-corrected chi connectivity index (χ4v) is 4.30. The maximum Gasteiger partial charge on any atom is 0.225 e. The summed E-state index contributed by atoms with van der Waals surface area (Å²) < 4.78 is 5.75. The van der Waals surface area contributed by atoms with Gasteiger partial charge in [0.05, 0.1) is 6.26 Å². The number of anilines is 4. The monoisotopic (exact) mass is 456 g/mol. The number of hydrogen-bond donors (Lipinski definition) is 5. The zero-order chi connectivity index (χ0) is 22.3. The van der Waals surface area contributed by atoms with E-state index in [1.807, 2.05) is 25.1 Å². The Kier molecular flexibility index (Phi) is 6.90. The van der Waals surface area contributed by atoms with Crippen LogP contribution in [0.4, 0.5) is 23.8 Å². The lowest BCUT2D eigenvalue weighted by molar-refractivity contribution is 0.503. The maximum absolute atomic E-state index is 5.75. The first kappa shape index (κ1) is 21.7. The number of nitrogens with one attached hydrogen (secondary N) is 4. The highest BCUT2D eigenvalue weighted by Gasteiger charge is 2.11. The molecule has 0 aliphatic carbocycles. The summed E-state index contributed by atoms with van der Waals surface area (Å²) in [4.78, 5) is 7.89. The summed E-state index contributed by atoms with van der Waals surface area (Å²) >= 11 is 1.74. The van der Waals surface area contributed by atoms with Gasteiger partial charge in [-0.2, -0.15) is 11.3 Å². The molecule has 0 amide bonds. The lowest BCUT2D eigenvalue weighted by Gasteiger charge is -2.07. The van der Waals surface area contributed by atoms with E-state index >= 15 is 0 Å². The van der Waals surface area contributed by atoms with Crippen LogP contribution in [0.25, 0.3) is 0 Å². The Bertz CT molecular complexity index is 1110. The predicted octanol–water partition coefficient (Wildman–Crippen LogP) is 2.32. The van der Waals surface area contributed by atoms with Crippen molar-refractivity contribution < 1.29 is 4.42 Å². The minimum atomic E-state index is 0.303. The van der Waals surface area contributed by atoms with Crippen LogP contribution in [0.5, 0.6) is 0 Å². The van der Waals surface area contributed by atoms with E-state index < -0.39 is 0 Å². The molecule has 0 atom stereocenters. The van der Waals surface area contributed by atoms with Crippen LogP contribution in [0.1, 0.15) is 22.5 Å². The van der Waals surface area contributed by atoms with E-state index in [2.05, 4.69) is 51.8 Å². The Morgan fingerprint density at radius 2 is 1.59 bits per heavy atom. The summed E-state index contributed by atoms with van der Waals surface area (Å²) in [6.45, 7) is 1.50. The Labute approximate surface area is 189 Å². The molecule has 0 fully saturated rings. The molecule has 11 nitrogen and oxygen atoms in total. The average molecular weight is 457 g/mol. The maximum atomic E-state index is 5.75. The number of nitrogens with zero attached hydrogens (tertiary/aromatic N) is 5. The van der Waals surface area contributed by atoms with Gasteiger partial charge in [-0.1, -0.05) is 0 Å². The number of aromatic nitrogens is 6. The zero-order valence-corrected chi connectivity index (χ0v) is 19.0. The SMILES string of the molecule is CN(C)c1nnc(NCCc2cscc2CCc2occc2CCNc2nnc(N)[nH]2)[nH]1.